The molecule has 0 saturated heterocycles. The van der Waals surface area contributed by atoms with Crippen LogP contribution in [0.2, 0.25) is 0 Å². The summed E-state index contributed by atoms with van der Waals surface area (Å²) >= 11 is 0. The molecule has 0 aliphatic heterocycles. The maximum atomic E-state index is 5.38. The number of hydrogen-bond donors (Lipinski definition) is 0. The minimum absolute atomic E-state index is 0.692. The first-order chi connectivity index (χ1) is 6.66. The summed E-state index contributed by atoms with van der Waals surface area (Å²) in [6.07, 6.45) is 0. The summed E-state index contributed by atoms with van der Waals surface area (Å²) in [5, 5.41) is 1.01. The van der Waals surface area contributed by atoms with E-state index in [1.165, 1.54) is 0 Å². The summed E-state index contributed by atoms with van der Waals surface area (Å²) in [6.45, 7) is 9.74. The molecule has 0 fully saturated rings. The van der Waals surface area contributed by atoms with Gasteiger partial charge in [0.2, 0.25) is 5.71 Å². The van der Waals surface area contributed by atoms with Crippen LogP contribution >= 0.6 is 0 Å². The number of rotatable bonds is 0. The number of aryl methyl sites for hydroxylation is 3. The Labute approximate surface area is 84.2 Å². The minimum Gasteiger partial charge on any atom is -0.443 e. The van der Waals surface area contributed by atoms with Crippen LogP contribution in [0.25, 0.3) is 11.1 Å². The van der Waals surface area contributed by atoms with Crippen molar-refractivity contribution in [2.75, 3.05) is 0 Å². The molecule has 3 nitrogen and oxygen atoms in total. The topological polar surface area (TPSA) is 38.9 Å². The summed E-state index contributed by atoms with van der Waals surface area (Å²) < 4.78 is 5.38. The van der Waals surface area contributed by atoms with Gasteiger partial charge in [0, 0.05) is 0 Å². The fraction of sp³-hybridized carbons (Fsp3) is 0.455. The second-order valence-electron chi connectivity index (χ2n) is 2.93. The van der Waals surface area contributed by atoms with E-state index in [9.17, 15) is 0 Å². The molecular formula is C11H16N2O. The monoisotopic (exact) mass is 192 g/mol. The van der Waals surface area contributed by atoms with Crippen LogP contribution in [0.1, 0.15) is 31.1 Å². The summed E-state index contributed by atoms with van der Waals surface area (Å²) in [7, 11) is 0. The summed E-state index contributed by atoms with van der Waals surface area (Å²) in [4.78, 5) is 8.42. The minimum atomic E-state index is 0.692. The Morgan fingerprint density at radius 1 is 1.07 bits per heavy atom. The van der Waals surface area contributed by atoms with Gasteiger partial charge in [-0.15, -0.1) is 0 Å². The Bertz CT molecular complexity index is 432. The van der Waals surface area contributed by atoms with Crippen LogP contribution in [0.15, 0.2) is 10.5 Å². The van der Waals surface area contributed by atoms with Gasteiger partial charge in [-0.2, -0.15) is 4.98 Å². The Balaban J connectivity index is 0.000000461. The van der Waals surface area contributed by atoms with Crippen LogP contribution in [0, 0.1) is 20.8 Å². The Kier molecular flexibility index (Phi) is 3.23. The molecule has 2 aromatic rings. The highest BCUT2D eigenvalue weighted by Crippen LogP contribution is 2.18. The molecule has 2 rings (SSSR count). The molecule has 0 saturated carbocycles. The largest absolute Gasteiger partial charge is 0.443 e. The number of hydrogen-bond acceptors (Lipinski definition) is 3. The van der Waals surface area contributed by atoms with Crippen molar-refractivity contribution in [3.63, 3.8) is 0 Å². The van der Waals surface area contributed by atoms with E-state index in [2.05, 4.69) is 9.97 Å². The summed E-state index contributed by atoms with van der Waals surface area (Å²) in [6, 6.07) is 1.96. The van der Waals surface area contributed by atoms with Gasteiger partial charge in [-0.25, -0.2) is 4.98 Å². The zero-order valence-corrected chi connectivity index (χ0v) is 9.38. The molecule has 0 bridgehead atoms. The zero-order chi connectivity index (χ0) is 10.7. The van der Waals surface area contributed by atoms with Crippen LogP contribution in [-0.4, -0.2) is 9.97 Å². The molecule has 0 atom stereocenters. The highest BCUT2D eigenvalue weighted by molar-refractivity contribution is 5.76. The van der Waals surface area contributed by atoms with Gasteiger partial charge in [-0.1, -0.05) is 13.8 Å². The lowest BCUT2D eigenvalue weighted by molar-refractivity contribution is 0.565. The fourth-order valence-corrected chi connectivity index (χ4v) is 1.32. The summed E-state index contributed by atoms with van der Waals surface area (Å²) in [5.41, 5.74) is 1.67. The third kappa shape index (κ3) is 1.92. The second-order valence-corrected chi connectivity index (χ2v) is 2.93. The molecule has 3 heteroatoms. The molecule has 0 aromatic carbocycles. The molecule has 0 amide bonds. The number of furan rings is 1. The lowest BCUT2D eigenvalue weighted by Crippen LogP contribution is -1.89. The first-order valence-corrected chi connectivity index (χ1v) is 4.88. The molecule has 76 valence electrons. The van der Waals surface area contributed by atoms with E-state index < -0.39 is 0 Å². The molecule has 0 radical (unpaired) electrons. The molecule has 0 aliphatic carbocycles. The smallest absolute Gasteiger partial charge is 0.229 e. The third-order valence-corrected chi connectivity index (χ3v) is 1.82. The summed E-state index contributed by atoms with van der Waals surface area (Å²) in [5.74, 6) is 1.64. The Morgan fingerprint density at radius 2 is 1.71 bits per heavy atom. The first kappa shape index (κ1) is 10.7. The number of nitrogens with zero attached hydrogens (tertiary/aromatic N) is 2. The number of aromatic nitrogens is 2. The molecule has 2 aromatic heterocycles. The van der Waals surface area contributed by atoms with Gasteiger partial charge in [0.15, 0.2) is 0 Å². The highest BCUT2D eigenvalue weighted by Gasteiger charge is 2.05. The molecule has 2 heterocycles. The van der Waals surface area contributed by atoms with E-state index in [4.69, 9.17) is 4.42 Å². The van der Waals surface area contributed by atoms with Crippen molar-refractivity contribution in [3.05, 3.63) is 23.3 Å². The van der Waals surface area contributed by atoms with Gasteiger partial charge >= 0.3 is 0 Å². The van der Waals surface area contributed by atoms with E-state index in [0.717, 1.165) is 22.7 Å². The van der Waals surface area contributed by atoms with Crippen LogP contribution in [0.5, 0.6) is 0 Å². The fourth-order valence-electron chi connectivity index (χ4n) is 1.32. The molecule has 0 unspecified atom stereocenters. The normalized spacial score (nSPS) is 9.79. The molecule has 0 aliphatic rings. The van der Waals surface area contributed by atoms with E-state index in [1.807, 2.05) is 40.7 Å². The van der Waals surface area contributed by atoms with Crippen LogP contribution < -0.4 is 0 Å². The van der Waals surface area contributed by atoms with Crippen molar-refractivity contribution >= 4 is 11.1 Å². The van der Waals surface area contributed by atoms with Gasteiger partial charge in [0.05, 0.1) is 11.1 Å². The predicted octanol–water partition coefficient (Wildman–Crippen LogP) is 3.17. The lowest BCUT2D eigenvalue weighted by Gasteiger charge is -1.94. The zero-order valence-electron chi connectivity index (χ0n) is 9.38. The Morgan fingerprint density at radius 3 is 2.36 bits per heavy atom. The molecule has 0 spiro atoms. The Hall–Kier alpha value is -1.38. The first-order valence-electron chi connectivity index (χ1n) is 4.88. The van der Waals surface area contributed by atoms with Gasteiger partial charge in [-0.05, 0) is 26.8 Å². The van der Waals surface area contributed by atoms with Crippen molar-refractivity contribution in [2.45, 2.75) is 34.6 Å². The van der Waals surface area contributed by atoms with Crippen molar-refractivity contribution < 1.29 is 4.42 Å². The van der Waals surface area contributed by atoms with Gasteiger partial charge in [-0.3, -0.25) is 0 Å². The van der Waals surface area contributed by atoms with Crippen molar-refractivity contribution in [1.29, 1.82) is 0 Å². The van der Waals surface area contributed by atoms with Crippen molar-refractivity contribution in [1.82, 2.24) is 9.97 Å². The predicted molar refractivity (Wildman–Crippen MR) is 57.4 cm³/mol. The van der Waals surface area contributed by atoms with E-state index in [0.29, 0.717) is 5.71 Å². The maximum Gasteiger partial charge on any atom is 0.229 e. The molecule has 0 N–H and O–H groups in total. The van der Waals surface area contributed by atoms with Crippen LogP contribution in [-0.2, 0) is 0 Å². The molecular weight excluding hydrogens is 176 g/mol. The van der Waals surface area contributed by atoms with Crippen molar-refractivity contribution in [3.8, 4) is 0 Å². The quantitative estimate of drug-likeness (QED) is 0.643. The van der Waals surface area contributed by atoms with Gasteiger partial charge in [0.1, 0.15) is 11.6 Å². The van der Waals surface area contributed by atoms with Crippen molar-refractivity contribution in [2.24, 2.45) is 0 Å². The van der Waals surface area contributed by atoms with Gasteiger partial charge < -0.3 is 4.42 Å². The third-order valence-electron chi connectivity index (χ3n) is 1.82. The lowest BCUT2D eigenvalue weighted by atomic mass is 10.3. The molecule has 14 heavy (non-hydrogen) atoms. The SMILES string of the molecule is CC.Cc1nc(C)c2cc(C)oc2n1. The number of fused-ring (bicyclic) bond motifs is 1. The van der Waals surface area contributed by atoms with E-state index in [-0.39, 0.29) is 0 Å². The highest BCUT2D eigenvalue weighted by atomic mass is 16.3. The van der Waals surface area contributed by atoms with E-state index in [1.54, 1.807) is 0 Å². The standard InChI is InChI=1S/C9H10N2O.C2H6/c1-5-4-8-6(2)10-7(3)11-9(8)12-5;1-2/h4H,1-3H3;1-2H3. The maximum absolute atomic E-state index is 5.38. The average Bonchev–Trinajstić information content (AvgIpc) is 2.49. The van der Waals surface area contributed by atoms with Gasteiger partial charge in [0.25, 0.3) is 0 Å². The second kappa shape index (κ2) is 4.22. The van der Waals surface area contributed by atoms with Crippen LogP contribution in [0.3, 0.4) is 0 Å². The van der Waals surface area contributed by atoms with E-state index >= 15 is 0 Å². The average molecular weight is 192 g/mol. The van der Waals surface area contributed by atoms with Crippen LogP contribution in [0.4, 0.5) is 0 Å².